The Morgan fingerprint density at radius 1 is 1.47 bits per heavy atom. The number of rotatable bonds is 2. The zero-order chi connectivity index (χ0) is 11.5. The van der Waals surface area contributed by atoms with Crippen molar-refractivity contribution in [2.24, 2.45) is 11.3 Å². The van der Waals surface area contributed by atoms with Crippen LogP contribution in [0.15, 0.2) is 0 Å². The van der Waals surface area contributed by atoms with Gasteiger partial charge in [0.15, 0.2) is 11.4 Å². The second-order valence-corrected chi connectivity index (χ2v) is 5.13. The normalized spacial score (nSPS) is 53.9. The van der Waals surface area contributed by atoms with E-state index >= 15 is 0 Å². The van der Waals surface area contributed by atoms with Gasteiger partial charge in [0, 0.05) is 11.3 Å². The summed E-state index contributed by atoms with van der Waals surface area (Å²) in [6.07, 6.45) is 1.37. The maximum atomic E-state index is 12.1. The Labute approximate surface area is 90.8 Å². The van der Waals surface area contributed by atoms with Crippen LogP contribution in [-0.4, -0.2) is 28.7 Å². The van der Waals surface area contributed by atoms with E-state index in [2.05, 4.69) is 0 Å². The van der Waals surface area contributed by atoms with Crippen LogP contribution in [-0.2, 0) is 9.53 Å². The summed E-state index contributed by atoms with van der Waals surface area (Å²) in [5, 5.41) is 10.8. The molecule has 1 saturated heterocycles. The molecule has 2 rings (SSSR count). The fourth-order valence-electron chi connectivity index (χ4n) is 3.80. The summed E-state index contributed by atoms with van der Waals surface area (Å²) in [4.78, 5) is 12.1. The first-order valence-corrected chi connectivity index (χ1v) is 5.80. The van der Waals surface area contributed by atoms with Crippen molar-refractivity contribution in [1.82, 2.24) is 0 Å². The summed E-state index contributed by atoms with van der Waals surface area (Å²) in [5.41, 5.74) is -2.32. The van der Waals surface area contributed by atoms with Crippen LogP contribution >= 0.6 is 0 Å². The van der Waals surface area contributed by atoms with E-state index in [0.717, 1.165) is 6.42 Å². The molecule has 1 aliphatic carbocycles. The van der Waals surface area contributed by atoms with E-state index < -0.39 is 11.2 Å². The topological polar surface area (TPSA) is 46.5 Å². The van der Waals surface area contributed by atoms with Crippen LogP contribution in [0.1, 0.15) is 40.5 Å². The summed E-state index contributed by atoms with van der Waals surface area (Å²) in [7, 11) is 0. The fourth-order valence-corrected chi connectivity index (χ4v) is 3.80. The van der Waals surface area contributed by atoms with Crippen LogP contribution in [0, 0.1) is 11.3 Å². The van der Waals surface area contributed by atoms with Crippen molar-refractivity contribution in [3.8, 4) is 0 Å². The second-order valence-electron chi connectivity index (χ2n) is 5.13. The second kappa shape index (κ2) is 2.83. The van der Waals surface area contributed by atoms with Crippen LogP contribution in [0.5, 0.6) is 0 Å². The van der Waals surface area contributed by atoms with Gasteiger partial charge in [-0.2, -0.15) is 0 Å². The minimum absolute atomic E-state index is 0.0694. The zero-order valence-corrected chi connectivity index (χ0v) is 9.96. The van der Waals surface area contributed by atoms with Crippen molar-refractivity contribution in [2.45, 2.75) is 51.7 Å². The minimum atomic E-state index is -0.981. The van der Waals surface area contributed by atoms with Gasteiger partial charge in [-0.25, -0.2) is 0 Å². The molecular formula is C12H20O3. The summed E-state index contributed by atoms with van der Waals surface area (Å²) >= 11 is 0. The van der Waals surface area contributed by atoms with Crippen molar-refractivity contribution in [2.75, 3.05) is 6.61 Å². The summed E-state index contributed by atoms with van der Waals surface area (Å²) in [6, 6.07) is 0. The molecule has 0 unspecified atom stereocenters. The van der Waals surface area contributed by atoms with E-state index in [4.69, 9.17) is 4.74 Å². The van der Waals surface area contributed by atoms with Gasteiger partial charge in [-0.15, -0.1) is 0 Å². The third-order valence-electron chi connectivity index (χ3n) is 5.07. The molecule has 0 aromatic carbocycles. The first kappa shape index (κ1) is 11.1. The Bertz CT molecular complexity index is 310. The Morgan fingerprint density at radius 2 is 2.07 bits per heavy atom. The molecule has 2 fully saturated rings. The molecule has 86 valence electrons. The van der Waals surface area contributed by atoms with E-state index in [1.54, 1.807) is 6.92 Å². The molecule has 2 bridgehead atoms. The van der Waals surface area contributed by atoms with Crippen LogP contribution in [0.2, 0.25) is 0 Å². The first-order valence-electron chi connectivity index (χ1n) is 5.80. The lowest BCUT2D eigenvalue weighted by Gasteiger charge is -2.39. The molecule has 1 aliphatic heterocycles. The SMILES string of the molecule is CC[C@@]12CO[C@@](C)(C(=O)[C@H]1C)[C@]2(O)CC. The number of ether oxygens (including phenoxy) is 1. The van der Waals surface area contributed by atoms with Gasteiger partial charge in [-0.3, -0.25) is 4.79 Å². The molecule has 0 amide bonds. The number of fused-ring (bicyclic) bond motifs is 2. The number of aliphatic hydroxyl groups is 1. The molecule has 2 aliphatic rings. The fraction of sp³-hybridized carbons (Fsp3) is 0.917. The van der Waals surface area contributed by atoms with Gasteiger partial charge in [0.05, 0.1) is 6.61 Å². The van der Waals surface area contributed by atoms with E-state index in [-0.39, 0.29) is 17.1 Å². The predicted octanol–water partition coefficient (Wildman–Crippen LogP) is 1.53. The molecular weight excluding hydrogens is 192 g/mol. The van der Waals surface area contributed by atoms with Crippen molar-refractivity contribution in [3.63, 3.8) is 0 Å². The predicted molar refractivity (Wildman–Crippen MR) is 56.5 cm³/mol. The lowest BCUT2D eigenvalue weighted by Crippen LogP contribution is -2.53. The van der Waals surface area contributed by atoms with Crippen LogP contribution in [0.4, 0.5) is 0 Å². The molecule has 0 radical (unpaired) electrons. The summed E-state index contributed by atoms with van der Waals surface area (Å²) < 4.78 is 5.62. The molecule has 15 heavy (non-hydrogen) atoms. The average Bonchev–Trinajstić information content (AvgIpc) is 2.54. The van der Waals surface area contributed by atoms with E-state index in [1.165, 1.54) is 0 Å². The molecule has 1 N–H and O–H groups in total. The highest BCUT2D eigenvalue weighted by Gasteiger charge is 2.77. The molecule has 0 aromatic heterocycles. The van der Waals surface area contributed by atoms with Crippen molar-refractivity contribution < 1.29 is 14.6 Å². The quantitative estimate of drug-likeness (QED) is 0.755. The van der Waals surface area contributed by atoms with Crippen LogP contribution in [0.3, 0.4) is 0 Å². The largest absolute Gasteiger partial charge is 0.386 e. The number of Topliss-reactive ketones (excluding diaryl/α,β-unsaturated/α-hetero) is 1. The molecule has 1 heterocycles. The molecule has 3 nitrogen and oxygen atoms in total. The molecule has 1 saturated carbocycles. The zero-order valence-electron chi connectivity index (χ0n) is 9.96. The standard InChI is InChI=1S/C12H20O3/c1-5-11-7-15-10(4,9(13)8(11)3)12(11,14)6-2/h8,14H,5-7H2,1-4H3/t8-,10+,11-,12-/m1/s1. The number of hydrogen-bond donors (Lipinski definition) is 1. The van der Waals surface area contributed by atoms with Gasteiger partial charge in [-0.1, -0.05) is 20.8 Å². The molecule has 0 spiro atoms. The van der Waals surface area contributed by atoms with Gasteiger partial charge < -0.3 is 9.84 Å². The van der Waals surface area contributed by atoms with Crippen LogP contribution in [0.25, 0.3) is 0 Å². The van der Waals surface area contributed by atoms with Gasteiger partial charge in [-0.05, 0) is 19.8 Å². The van der Waals surface area contributed by atoms with Gasteiger partial charge in [0.2, 0.25) is 0 Å². The lowest BCUT2D eigenvalue weighted by atomic mass is 9.67. The Hall–Kier alpha value is -0.410. The van der Waals surface area contributed by atoms with Crippen molar-refractivity contribution >= 4 is 5.78 Å². The van der Waals surface area contributed by atoms with Gasteiger partial charge in [0.25, 0.3) is 0 Å². The van der Waals surface area contributed by atoms with Gasteiger partial charge >= 0.3 is 0 Å². The molecule has 4 atom stereocenters. The third kappa shape index (κ3) is 0.841. The molecule has 0 aromatic rings. The number of ketones is 1. The highest BCUT2D eigenvalue weighted by molar-refractivity contribution is 5.95. The lowest BCUT2D eigenvalue weighted by molar-refractivity contribution is -0.153. The highest BCUT2D eigenvalue weighted by Crippen LogP contribution is 2.63. The maximum Gasteiger partial charge on any atom is 0.170 e. The van der Waals surface area contributed by atoms with Crippen LogP contribution < -0.4 is 0 Å². The van der Waals surface area contributed by atoms with Crippen molar-refractivity contribution in [3.05, 3.63) is 0 Å². The highest BCUT2D eigenvalue weighted by atomic mass is 16.5. The Morgan fingerprint density at radius 3 is 2.47 bits per heavy atom. The molecule has 3 heteroatoms. The van der Waals surface area contributed by atoms with E-state index in [9.17, 15) is 9.90 Å². The summed E-state index contributed by atoms with van der Waals surface area (Å²) in [5.74, 6) is -0.0221. The minimum Gasteiger partial charge on any atom is -0.386 e. The number of carbonyl (C=O) groups is 1. The Kier molecular flexibility index (Phi) is 2.09. The average molecular weight is 212 g/mol. The number of carbonyl (C=O) groups excluding carboxylic acids is 1. The maximum absolute atomic E-state index is 12.1. The van der Waals surface area contributed by atoms with Crippen molar-refractivity contribution in [1.29, 1.82) is 0 Å². The number of hydrogen-bond acceptors (Lipinski definition) is 3. The monoisotopic (exact) mass is 212 g/mol. The third-order valence-corrected chi connectivity index (χ3v) is 5.07. The first-order chi connectivity index (χ1) is 6.89. The van der Waals surface area contributed by atoms with Gasteiger partial charge in [0.1, 0.15) is 5.60 Å². The smallest absolute Gasteiger partial charge is 0.170 e. The van der Waals surface area contributed by atoms with E-state index in [1.807, 2.05) is 20.8 Å². The summed E-state index contributed by atoms with van der Waals surface area (Å²) in [6.45, 7) is 8.16. The van der Waals surface area contributed by atoms with E-state index in [0.29, 0.717) is 13.0 Å². The Balaban J connectivity index is 2.60.